The number of carbonyl (C=O) groups is 2. The van der Waals surface area contributed by atoms with Gasteiger partial charge < -0.3 is 15.5 Å². The number of thiophene rings is 1. The number of aryl methyl sites for hydroxylation is 2. The molecule has 0 aromatic carbocycles. The molecule has 1 aliphatic rings. The van der Waals surface area contributed by atoms with Gasteiger partial charge in [-0.3, -0.25) is 9.59 Å². The molecule has 1 fully saturated rings. The van der Waals surface area contributed by atoms with Crippen molar-refractivity contribution in [1.82, 2.24) is 4.98 Å². The van der Waals surface area contributed by atoms with Gasteiger partial charge in [-0.25, -0.2) is 4.98 Å². The Labute approximate surface area is 131 Å². The summed E-state index contributed by atoms with van der Waals surface area (Å²) in [4.78, 5) is 29.0. The minimum absolute atomic E-state index is 0.224. The highest BCUT2D eigenvalue weighted by Gasteiger charge is 2.26. The van der Waals surface area contributed by atoms with E-state index in [4.69, 9.17) is 10.2 Å². The highest BCUT2D eigenvalue weighted by atomic mass is 32.1. The van der Waals surface area contributed by atoms with E-state index < -0.39 is 5.91 Å². The Morgan fingerprint density at radius 2 is 2.18 bits per heavy atom. The van der Waals surface area contributed by atoms with Gasteiger partial charge in [0.25, 0.3) is 11.8 Å². The molecule has 116 valence electrons. The molecule has 2 aromatic heterocycles. The number of oxazole rings is 1. The summed E-state index contributed by atoms with van der Waals surface area (Å²) >= 11 is 1.25. The summed E-state index contributed by atoms with van der Waals surface area (Å²) in [5.41, 5.74) is 6.40. The minimum Gasteiger partial charge on any atom is -0.435 e. The van der Waals surface area contributed by atoms with Crippen LogP contribution in [0.3, 0.4) is 0 Å². The van der Waals surface area contributed by atoms with Gasteiger partial charge in [-0.1, -0.05) is 0 Å². The maximum absolute atomic E-state index is 12.3. The number of carbonyl (C=O) groups excluding carboxylic acids is 2. The fourth-order valence-electron chi connectivity index (χ4n) is 2.23. The third-order valence-corrected chi connectivity index (χ3v) is 4.68. The number of primary amides is 1. The zero-order valence-corrected chi connectivity index (χ0v) is 13.3. The third kappa shape index (κ3) is 3.04. The lowest BCUT2D eigenvalue weighted by molar-refractivity contribution is 0.0988. The van der Waals surface area contributed by atoms with Gasteiger partial charge in [0.2, 0.25) is 5.76 Å². The molecule has 3 rings (SSSR count). The largest absolute Gasteiger partial charge is 0.435 e. The molecule has 7 heteroatoms. The summed E-state index contributed by atoms with van der Waals surface area (Å²) in [5, 5.41) is 2.75. The summed E-state index contributed by atoms with van der Waals surface area (Å²) in [7, 11) is 0. The molecule has 1 saturated carbocycles. The molecule has 22 heavy (non-hydrogen) atoms. The van der Waals surface area contributed by atoms with Gasteiger partial charge >= 0.3 is 0 Å². The van der Waals surface area contributed by atoms with Crippen molar-refractivity contribution in [3.63, 3.8) is 0 Å². The molecule has 3 N–H and O–H groups in total. The zero-order valence-electron chi connectivity index (χ0n) is 12.4. The monoisotopic (exact) mass is 319 g/mol. The number of aromatic nitrogens is 1. The van der Waals surface area contributed by atoms with Crippen LogP contribution in [-0.2, 0) is 6.42 Å². The normalized spacial score (nSPS) is 14.1. The Morgan fingerprint density at radius 1 is 1.45 bits per heavy atom. The Hall–Kier alpha value is -2.15. The highest BCUT2D eigenvalue weighted by Crippen LogP contribution is 2.33. The Kier molecular flexibility index (Phi) is 3.74. The van der Waals surface area contributed by atoms with Crippen LogP contribution in [0.5, 0.6) is 0 Å². The molecule has 0 atom stereocenters. The fourth-order valence-corrected chi connectivity index (χ4v) is 3.05. The van der Waals surface area contributed by atoms with E-state index in [1.807, 2.05) is 6.92 Å². The van der Waals surface area contributed by atoms with Crippen LogP contribution in [0.4, 0.5) is 5.69 Å². The van der Waals surface area contributed by atoms with Crippen LogP contribution >= 0.6 is 11.3 Å². The van der Waals surface area contributed by atoms with Gasteiger partial charge in [0.1, 0.15) is 0 Å². The van der Waals surface area contributed by atoms with Gasteiger partial charge in [0.15, 0.2) is 5.89 Å². The van der Waals surface area contributed by atoms with Crippen LogP contribution < -0.4 is 11.1 Å². The molecule has 2 amide bonds. The second-order valence-corrected chi connectivity index (χ2v) is 6.82. The first kappa shape index (κ1) is 14.8. The molecule has 0 unspecified atom stereocenters. The molecule has 6 nitrogen and oxygen atoms in total. The summed E-state index contributed by atoms with van der Waals surface area (Å²) in [6, 6.07) is 1.58. The molecule has 1 aliphatic carbocycles. The van der Waals surface area contributed by atoms with E-state index in [-0.39, 0.29) is 11.7 Å². The number of rotatable bonds is 5. The van der Waals surface area contributed by atoms with E-state index in [0.29, 0.717) is 28.1 Å². The summed E-state index contributed by atoms with van der Waals surface area (Å²) < 4.78 is 5.58. The smallest absolute Gasteiger partial charge is 0.293 e. The lowest BCUT2D eigenvalue weighted by atomic mass is 10.3. The minimum atomic E-state index is -0.504. The summed E-state index contributed by atoms with van der Waals surface area (Å²) in [6.07, 6.45) is 3.19. The van der Waals surface area contributed by atoms with E-state index in [1.54, 1.807) is 13.0 Å². The zero-order chi connectivity index (χ0) is 15.9. The summed E-state index contributed by atoms with van der Waals surface area (Å²) in [6.45, 7) is 3.57. The number of hydrogen-bond donors (Lipinski definition) is 2. The van der Waals surface area contributed by atoms with Crippen LogP contribution in [0.2, 0.25) is 0 Å². The van der Waals surface area contributed by atoms with Crippen molar-refractivity contribution in [1.29, 1.82) is 0 Å². The van der Waals surface area contributed by atoms with Crippen LogP contribution in [0.1, 0.15) is 49.5 Å². The average molecular weight is 319 g/mol. The number of nitrogens with one attached hydrogen (secondary N) is 1. The quantitative estimate of drug-likeness (QED) is 0.885. The van der Waals surface area contributed by atoms with Gasteiger partial charge in [-0.15, -0.1) is 11.3 Å². The Bertz CT molecular complexity index is 743. The number of nitrogens with zero attached hydrogens (tertiary/aromatic N) is 1. The number of nitrogens with two attached hydrogens (primary N) is 1. The van der Waals surface area contributed by atoms with Crippen LogP contribution in [0.25, 0.3) is 0 Å². The van der Waals surface area contributed by atoms with Crippen molar-refractivity contribution in [3.05, 3.63) is 33.2 Å². The van der Waals surface area contributed by atoms with Crippen molar-refractivity contribution in [2.45, 2.75) is 33.1 Å². The lowest BCUT2D eigenvalue weighted by Gasteiger charge is -2.01. The molecule has 0 saturated heterocycles. The second-order valence-electron chi connectivity index (χ2n) is 5.57. The SMILES string of the molecule is Cc1nc(CC2CC2)oc1C(=O)Nc1cc(C(N)=O)sc1C. The van der Waals surface area contributed by atoms with E-state index in [2.05, 4.69) is 10.3 Å². The molecule has 2 heterocycles. The maximum atomic E-state index is 12.3. The van der Waals surface area contributed by atoms with Crippen LogP contribution in [-0.4, -0.2) is 16.8 Å². The van der Waals surface area contributed by atoms with Gasteiger partial charge in [0, 0.05) is 11.3 Å². The molecule has 2 aromatic rings. The van der Waals surface area contributed by atoms with Crippen molar-refractivity contribution < 1.29 is 14.0 Å². The predicted molar refractivity (Wildman–Crippen MR) is 83.2 cm³/mol. The van der Waals surface area contributed by atoms with Crippen LogP contribution in [0, 0.1) is 19.8 Å². The molecule has 0 aliphatic heterocycles. The predicted octanol–water partition coefficient (Wildman–Crippen LogP) is 2.66. The fraction of sp³-hybridized carbons (Fsp3) is 0.400. The lowest BCUT2D eigenvalue weighted by Crippen LogP contribution is -2.12. The molecule has 0 bridgehead atoms. The molecule has 0 spiro atoms. The highest BCUT2D eigenvalue weighted by molar-refractivity contribution is 7.14. The second kappa shape index (κ2) is 5.57. The van der Waals surface area contributed by atoms with E-state index in [1.165, 1.54) is 24.2 Å². The number of anilines is 1. The van der Waals surface area contributed by atoms with Crippen molar-refractivity contribution >= 4 is 28.8 Å². The van der Waals surface area contributed by atoms with Gasteiger partial charge in [-0.2, -0.15) is 0 Å². The third-order valence-electron chi connectivity index (χ3n) is 3.62. The topological polar surface area (TPSA) is 98.2 Å². The van der Waals surface area contributed by atoms with Crippen molar-refractivity contribution in [3.8, 4) is 0 Å². The molecular weight excluding hydrogens is 302 g/mol. The Morgan fingerprint density at radius 3 is 2.77 bits per heavy atom. The van der Waals surface area contributed by atoms with Crippen molar-refractivity contribution in [2.24, 2.45) is 11.7 Å². The first-order chi connectivity index (χ1) is 10.4. The summed E-state index contributed by atoms with van der Waals surface area (Å²) in [5.74, 6) is 0.623. The average Bonchev–Trinajstić information content (AvgIpc) is 3.07. The van der Waals surface area contributed by atoms with Crippen molar-refractivity contribution in [2.75, 3.05) is 5.32 Å². The molecule has 0 radical (unpaired) electrons. The Balaban J connectivity index is 1.76. The number of amides is 2. The van der Waals surface area contributed by atoms with E-state index in [0.717, 1.165) is 11.3 Å². The molecular formula is C15H17N3O3S. The standard InChI is InChI=1S/C15H17N3O3S/c1-7-13(21-12(17-7)5-9-3-4-9)15(20)18-10-6-11(14(16)19)22-8(10)2/h6,9H,3-5H2,1-2H3,(H2,16,19)(H,18,20). The van der Waals surface area contributed by atoms with Crippen LogP contribution in [0.15, 0.2) is 10.5 Å². The van der Waals surface area contributed by atoms with E-state index in [9.17, 15) is 9.59 Å². The first-order valence-electron chi connectivity index (χ1n) is 7.12. The maximum Gasteiger partial charge on any atom is 0.293 e. The number of hydrogen-bond acceptors (Lipinski definition) is 5. The van der Waals surface area contributed by atoms with Gasteiger partial charge in [0.05, 0.1) is 16.3 Å². The first-order valence-corrected chi connectivity index (χ1v) is 7.93. The van der Waals surface area contributed by atoms with E-state index >= 15 is 0 Å². The van der Waals surface area contributed by atoms with Gasteiger partial charge in [-0.05, 0) is 38.7 Å².